The Morgan fingerprint density at radius 3 is 2.57 bits per heavy atom. The molecule has 3 atom stereocenters. The van der Waals surface area contributed by atoms with E-state index in [2.05, 4.69) is 20.8 Å². The van der Waals surface area contributed by atoms with Gasteiger partial charge < -0.3 is 9.84 Å². The predicted octanol–water partition coefficient (Wildman–Crippen LogP) is 2.80. The van der Waals surface area contributed by atoms with Gasteiger partial charge in [0.05, 0.1) is 6.04 Å². The molecule has 1 saturated carbocycles. The summed E-state index contributed by atoms with van der Waals surface area (Å²) in [5.74, 6) is 0.105. The SMILES string of the molecule is CC(C)(C)[C@@H]1C[C@@]1(O)N1C(=O)OC[C@@H]1Cc1ccccc1. The first-order valence-electron chi connectivity index (χ1n) is 7.55. The van der Waals surface area contributed by atoms with Crippen molar-refractivity contribution >= 4 is 6.09 Å². The Labute approximate surface area is 125 Å². The summed E-state index contributed by atoms with van der Waals surface area (Å²) in [6.07, 6.45) is 0.966. The third kappa shape index (κ3) is 2.53. The van der Waals surface area contributed by atoms with Crippen molar-refractivity contribution in [2.24, 2.45) is 11.3 Å². The molecule has 21 heavy (non-hydrogen) atoms. The second-order valence-electron chi connectivity index (χ2n) is 7.29. The van der Waals surface area contributed by atoms with Gasteiger partial charge in [0.1, 0.15) is 12.3 Å². The van der Waals surface area contributed by atoms with E-state index in [9.17, 15) is 9.90 Å². The van der Waals surface area contributed by atoms with E-state index >= 15 is 0 Å². The molecule has 2 fully saturated rings. The van der Waals surface area contributed by atoms with Crippen LogP contribution in [0.25, 0.3) is 0 Å². The maximum atomic E-state index is 12.1. The van der Waals surface area contributed by atoms with Crippen LogP contribution in [0.2, 0.25) is 0 Å². The van der Waals surface area contributed by atoms with Crippen LogP contribution in [0.5, 0.6) is 0 Å². The number of rotatable bonds is 3. The highest BCUT2D eigenvalue weighted by atomic mass is 16.6. The van der Waals surface area contributed by atoms with Crippen molar-refractivity contribution in [3.05, 3.63) is 35.9 Å². The third-order valence-electron chi connectivity index (χ3n) is 4.64. The fourth-order valence-electron chi connectivity index (χ4n) is 3.48. The van der Waals surface area contributed by atoms with Crippen LogP contribution in [-0.4, -0.2) is 34.5 Å². The largest absolute Gasteiger partial charge is 0.447 e. The molecule has 1 N–H and O–H groups in total. The van der Waals surface area contributed by atoms with Gasteiger partial charge in [0.2, 0.25) is 0 Å². The molecule has 3 rings (SSSR count). The molecule has 4 heteroatoms. The van der Waals surface area contributed by atoms with Crippen LogP contribution in [0, 0.1) is 11.3 Å². The first-order chi connectivity index (χ1) is 9.82. The van der Waals surface area contributed by atoms with Gasteiger partial charge in [-0.2, -0.15) is 0 Å². The number of aliphatic hydroxyl groups is 1. The van der Waals surface area contributed by atoms with Crippen molar-refractivity contribution in [2.75, 3.05) is 6.61 Å². The summed E-state index contributed by atoms with van der Waals surface area (Å²) in [7, 11) is 0. The van der Waals surface area contributed by atoms with E-state index in [0.29, 0.717) is 19.4 Å². The van der Waals surface area contributed by atoms with Gasteiger partial charge in [-0.3, -0.25) is 4.90 Å². The monoisotopic (exact) mass is 289 g/mol. The van der Waals surface area contributed by atoms with Crippen LogP contribution in [0.3, 0.4) is 0 Å². The van der Waals surface area contributed by atoms with E-state index in [1.165, 1.54) is 0 Å². The van der Waals surface area contributed by atoms with Gasteiger partial charge in [-0.1, -0.05) is 51.1 Å². The van der Waals surface area contributed by atoms with Gasteiger partial charge in [-0.05, 0) is 17.4 Å². The number of nitrogens with zero attached hydrogens (tertiary/aromatic N) is 1. The first kappa shape index (κ1) is 14.4. The van der Waals surface area contributed by atoms with Crippen molar-refractivity contribution in [3.63, 3.8) is 0 Å². The summed E-state index contributed by atoms with van der Waals surface area (Å²) < 4.78 is 5.20. The highest BCUT2D eigenvalue weighted by Gasteiger charge is 2.66. The minimum atomic E-state index is -1.04. The van der Waals surface area contributed by atoms with Crippen LogP contribution >= 0.6 is 0 Å². The Hall–Kier alpha value is -1.55. The maximum Gasteiger partial charge on any atom is 0.412 e. The number of benzene rings is 1. The number of carbonyl (C=O) groups is 1. The number of amides is 1. The first-order valence-corrected chi connectivity index (χ1v) is 7.55. The molecular formula is C17H23NO3. The Balaban J connectivity index is 1.78. The van der Waals surface area contributed by atoms with Gasteiger partial charge in [-0.25, -0.2) is 4.79 Å². The lowest BCUT2D eigenvalue weighted by Crippen LogP contribution is -2.47. The molecule has 0 radical (unpaired) electrons. The van der Waals surface area contributed by atoms with E-state index in [1.807, 2.05) is 30.3 Å². The molecular weight excluding hydrogens is 266 g/mol. The molecule has 2 aliphatic rings. The second-order valence-corrected chi connectivity index (χ2v) is 7.29. The van der Waals surface area contributed by atoms with Crippen molar-refractivity contribution in [2.45, 2.75) is 45.4 Å². The normalized spacial score (nSPS) is 32.2. The van der Waals surface area contributed by atoms with E-state index < -0.39 is 5.72 Å². The molecule has 0 unspecified atom stereocenters. The van der Waals surface area contributed by atoms with E-state index in [-0.39, 0.29) is 23.5 Å². The molecule has 1 amide bonds. The van der Waals surface area contributed by atoms with Crippen LogP contribution < -0.4 is 0 Å². The Morgan fingerprint density at radius 2 is 2.00 bits per heavy atom. The minimum absolute atomic E-state index is 0.0189. The van der Waals surface area contributed by atoms with Crippen LogP contribution in [0.4, 0.5) is 4.79 Å². The smallest absolute Gasteiger partial charge is 0.412 e. The second kappa shape index (κ2) is 4.73. The maximum absolute atomic E-state index is 12.1. The number of ether oxygens (including phenoxy) is 1. The van der Waals surface area contributed by atoms with E-state index in [1.54, 1.807) is 4.90 Å². The summed E-state index contributed by atoms with van der Waals surface area (Å²) in [4.78, 5) is 13.7. The number of cyclic esters (lactones) is 1. The fourth-order valence-corrected chi connectivity index (χ4v) is 3.48. The zero-order valence-electron chi connectivity index (χ0n) is 12.9. The Kier molecular flexibility index (Phi) is 3.24. The average molecular weight is 289 g/mol. The third-order valence-corrected chi connectivity index (χ3v) is 4.64. The quantitative estimate of drug-likeness (QED) is 0.931. The van der Waals surface area contributed by atoms with Crippen LogP contribution in [-0.2, 0) is 11.2 Å². The molecule has 0 aromatic heterocycles. The van der Waals surface area contributed by atoms with Gasteiger partial charge in [0.15, 0.2) is 0 Å². The fraction of sp³-hybridized carbons (Fsp3) is 0.588. The standard InChI is InChI=1S/C17H23NO3/c1-16(2,3)14-10-17(14,20)18-13(11-21-15(18)19)9-12-7-5-4-6-8-12/h4-8,13-14,20H,9-11H2,1-3H3/t13-,14-,17-/m0/s1. The summed E-state index contributed by atoms with van der Waals surface area (Å²) in [5.41, 5.74) is 0.0996. The van der Waals surface area contributed by atoms with Crippen LogP contribution in [0.1, 0.15) is 32.8 Å². The minimum Gasteiger partial charge on any atom is -0.447 e. The molecule has 4 nitrogen and oxygen atoms in total. The van der Waals surface area contributed by atoms with Crippen molar-refractivity contribution in [1.82, 2.24) is 4.90 Å². The summed E-state index contributed by atoms with van der Waals surface area (Å²) >= 11 is 0. The number of hydrogen-bond acceptors (Lipinski definition) is 3. The lowest BCUT2D eigenvalue weighted by Gasteiger charge is -2.31. The molecule has 1 saturated heterocycles. The van der Waals surface area contributed by atoms with Crippen molar-refractivity contribution in [3.8, 4) is 0 Å². The molecule has 0 spiro atoms. The zero-order chi connectivity index (χ0) is 15.3. The van der Waals surface area contributed by atoms with Gasteiger partial charge in [0.25, 0.3) is 0 Å². The highest BCUT2D eigenvalue weighted by molar-refractivity contribution is 5.71. The molecule has 1 aliphatic carbocycles. The molecule has 1 aliphatic heterocycles. The lowest BCUT2D eigenvalue weighted by molar-refractivity contribution is -0.0315. The molecule has 114 valence electrons. The lowest BCUT2D eigenvalue weighted by atomic mass is 9.89. The van der Waals surface area contributed by atoms with Gasteiger partial charge >= 0.3 is 6.09 Å². The molecule has 1 heterocycles. The predicted molar refractivity (Wildman–Crippen MR) is 79.6 cm³/mol. The van der Waals surface area contributed by atoms with E-state index in [4.69, 9.17) is 4.74 Å². The molecule has 0 bridgehead atoms. The van der Waals surface area contributed by atoms with Crippen molar-refractivity contribution < 1.29 is 14.6 Å². The van der Waals surface area contributed by atoms with Gasteiger partial charge in [-0.15, -0.1) is 0 Å². The zero-order valence-corrected chi connectivity index (χ0v) is 12.9. The molecule has 1 aromatic rings. The topological polar surface area (TPSA) is 49.8 Å². The van der Waals surface area contributed by atoms with Crippen molar-refractivity contribution in [1.29, 1.82) is 0 Å². The Bertz CT molecular complexity index is 537. The van der Waals surface area contributed by atoms with Crippen LogP contribution in [0.15, 0.2) is 30.3 Å². The summed E-state index contributed by atoms with van der Waals surface area (Å²) in [6, 6.07) is 9.94. The summed E-state index contributed by atoms with van der Waals surface area (Å²) in [5, 5.41) is 10.9. The average Bonchev–Trinajstić information content (AvgIpc) is 2.98. The van der Waals surface area contributed by atoms with E-state index in [0.717, 1.165) is 5.56 Å². The number of carbonyl (C=O) groups excluding carboxylic acids is 1. The van der Waals surface area contributed by atoms with Gasteiger partial charge in [0, 0.05) is 12.3 Å². The Morgan fingerprint density at radius 1 is 1.33 bits per heavy atom. The highest BCUT2D eigenvalue weighted by Crippen LogP contribution is 2.57. The summed E-state index contributed by atoms with van der Waals surface area (Å²) in [6.45, 7) is 6.66. The molecule has 1 aromatic carbocycles. The number of hydrogen-bond donors (Lipinski definition) is 1.